The van der Waals surface area contributed by atoms with Crippen LogP contribution in [0.5, 0.6) is 0 Å². The third-order valence-electron chi connectivity index (χ3n) is 6.11. The van der Waals surface area contributed by atoms with Gasteiger partial charge in [-0.1, -0.05) is 43.5 Å². The van der Waals surface area contributed by atoms with Crippen LogP contribution in [0.25, 0.3) is 0 Å². The zero-order chi connectivity index (χ0) is 19.0. The summed E-state index contributed by atoms with van der Waals surface area (Å²) in [7, 11) is -3.48. The number of sulfone groups is 1. The van der Waals surface area contributed by atoms with Crippen molar-refractivity contribution in [3.8, 4) is 0 Å². The van der Waals surface area contributed by atoms with Crippen molar-refractivity contribution in [2.24, 2.45) is 5.92 Å². The molecule has 0 N–H and O–H groups in total. The van der Waals surface area contributed by atoms with E-state index in [1.807, 2.05) is 52.0 Å². The molecule has 144 valence electrons. The van der Waals surface area contributed by atoms with Crippen LogP contribution in [0, 0.1) is 5.92 Å². The first-order valence-corrected chi connectivity index (χ1v) is 11.6. The molecule has 2 aliphatic rings. The molecule has 0 amide bonds. The minimum Gasteiger partial charge on any atom is -0.399 e. The molecule has 1 heterocycles. The summed E-state index contributed by atoms with van der Waals surface area (Å²) in [5.74, 6) is 0.789. The molecule has 0 spiro atoms. The van der Waals surface area contributed by atoms with Gasteiger partial charge in [-0.2, -0.15) is 0 Å². The van der Waals surface area contributed by atoms with E-state index in [4.69, 9.17) is 9.31 Å². The Morgan fingerprint density at radius 3 is 2.04 bits per heavy atom. The summed E-state index contributed by atoms with van der Waals surface area (Å²) < 4.78 is 37.2. The predicted molar refractivity (Wildman–Crippen MR) is 106 cm³/mol. The van der Waals surface area contributed by atoms with E-state index in [0.29, 0.717) is 11.7 Å². The Bertz CT molecular complexity index is 703. The summed E-state index contributed by atoms with van der Waals surface area (Å²) in [4.78, 5) is 0. The number of rotatable bonds is 5. The van der Waals surface area contributed by atoms with Crippen LogP contribution in [0.3, 0.4) is 0 Å². The van der Waals surface area contributed by atoms with Crippen molar-refractivity contribution in [3.05, 3.63) is 29.8 Å². The van der Waals surface area contributed by atoms with E-state index in [1.54, 1.807) is 0 Å². The highest BCUT2D eigenvalue weighted by atomic mass is 32.2. The lowest BCUT2D eigenvalue weighted by molar-refractivity contribution is 0.00578. The van der Waals surface area contributed by atoms with Crippen LogP contribution in [-0.2, 0) is 24.9 Å². The Morgan fingerprint density at radius 2 is 1.50 bits per heavy atom. The average molecular weight is 378 g/mol. The Balaban J connectivity index is 1.63. The van der Waals surface area contributed by atoms with E-state index >= 15 is 0 Å². The molecule has 0 radical (unpaired) electrons. The summed E-state index contributed by atoms with van der Waals surface area (Å²) in [6, 6.07) is 7.62. The molecule has 6 heteroatoms. The fourth-order valence-corrected chi connectivity index (χ4v) is 5.65. The van der Waals surface area contributed by atoms with Crippen molar-refractivity contribution in [3.63, 3.8) is 0 Å². The molecule has 0 aromatic heterocycles. The molecule has 2 fully saturated rings. The van der Waals surface area contributed by atoms with Gasteiger partial charge in [0.25, 0.3) is 0 Å². The Kier molecular flexibility index (Phi) is 5.58. The van der Waals surface area contributed by atoms with Crippen LogP contribution in [0.4, 0.5) is 0 Å². The summed E-state index contributed by atoms with van der Waals surface area (Å²) >= 11 is 0. The zero-order valence-electron chi connectivity index (χ0n) is 16.5. The van der Waals surface area contributed by atoms with Gasteiger partial charge in [-0.25, -0.2) is 8.42 Å². The van der Waals surface area contributed by atoms with E-state index in [9.17, 15) is 8.42 Å². The van der Waals surface area contributed by atoms with Gasteiger partial charge in [0.15, 0.2) is 9.84 Å². The second kappa shape index (κ2) is 7.29. The first kappa shape index (κ1) is 19.9. The van der Waals surface area contributed by atoms with E-state index in [2.05, 4.69) is 0 Å². The molecular weight excluding hydrogens is 347 g/mol. The van der Waals surface area contributed by atoms with Crippen molar-refractivity contribution in [1.82, 2.24) is 0 Å². The third kappa shape index (κ3) is 4.52. The standard InChI is InChI=1S/C20H31BO4S/c1-19(2)20(3,4)25-21(24-19)18-12-10-17(11-13-18)15-26(22,23)14-16-8-6-5-7-9-16/h10-13,16H,5-9,14-15H2,1-4H3. The van der Waals surface area contributed by atoms with Gasteiger partial charge in [-0.3, -0.25) is 0 Å². The molecule has 0 atom stereocenters. The average Bonchev–Trinajstić information content (AvgIpc) is 2.76. The van der Waals surface area contributed by atoms with Crippen molar-refractivity contribution < 1.29 is 17.7 Å². The van der Waals surface area contributed by atoms with Crippen LogP contribution in [-0.4, -0.2) is 32.5 Å². The lowest BCUT2D eigenvalue weighted by atomic mass is 9.79. The topological polar surface area (TPSA) is 52.6 Å². The van der Waals surface area contributed by atoms with Crippen LogP contribution in [0.2, 0.25) is 0 Å². The molecule has 26 heavy (non-hydrogen) atoms. The molecule has 1 saturated carbocycles. The maximum atomic E-state index is 12.5. The van der Waals surface area contributed by atoms with E-state index < -0.39 is 17.0 Å². The van der Waals surface area contributed by atoms with Crippen molar-refractivity contribution >= 4 is 22.4 Å². The fraction of sp³-hybridized carbons (Fsp3) is 0.700. The lowest BCUT2D eigenvalue weighted by Crippen LogP contribution is -2.41. The first-order valence-electron chi connectivity index (χ1n) is 9.73. The van der Waals surface area contributed by atoms with Crippen LogP contribution < -0.4 is 5.46 Å². The molecule has 1 aromatic carbocycles. The van der Waals surface area contributed by atoms with Gasteiger partial charge in [-0.15, -0.1) is 0 Å². The highest BCUT2D eigenvalue weighted by Gasteiger charge is 2.51. The first-order chi connectivity index (χ1) is 12.1. The fourth-order valence-electron chi connectivity index (χ4n) is 3.78. The SMILES string of the molecule is CC1(C)OB(c2ccc(CS(=O)(=O)CC3CCCCC3)cc2)OC1(C)C. The smallest absolute Gasteiger partial charge is 0.399 e. The normalized spacial score (nSPS) is 23.3. The number of hydrogen-bond donors (Lipinski definition) is 0. The lowest BCUT2D eigenvalue weighted by Gasteiger charge is -2.32. The zero-order valence-corrected chi connectivity index (χ0v) is 17.3. The van der Waals surface area contributed by atoms with Gasteiger partial charge in [0, 0.05) is 0 Å². The summed E-state index contributed by atoms with van der Waals surface area (Å²) in [5.41, 5.74) is 1.01. The quantitative estimate of drug-likeness (QED) is 0.737. The minimum absolute atomic E-state index is 0.118. The second-order valence-electron chi connectivity index (χ2n) is 8.89. The Labute approximate surface area is 158 Å². The molecule has 4 nitrogen and oxygen atoms in total. The van der Waals surface area contributed by atoms with Gasteiger partial charge in [0.2, 0.25) is 0 Å². The Hall–Kier alpha value is -0.845. The van der Waals surface area contributed by atoms with Gasteiger partial charge >= 0.3 is 7.12 Å². The predicted octanol–water partition coefficient (Wildman–Crippen LogP) is 3.48. The van der Waals surface area contributed by atoms with Gasteiger partial charge in [0.05, 0.1) is 22.7 Å². The summed E-state index contributed by atoms with van der Waals surface area (Å²) in [6.45, 7) is 8.11. The molecule has 1 aliphatic heterocycles. The Morgan fingerprint density at radius 1 is 0.962 bits per heavy atom. The maximum absolute atomic E-state index is 12.5. The van der Waals surface area contributed by atoms with Crippen molar-refractivity contribution in [1.29, 1.82) is 0 Å². The third-order valence-corrected chi connectivity index (χ3v) is 7.86. The summed E-state index contributed by atoms with van der Waals surface area (Å²) in [6.07, 6.45) is 5.70. The van der Waals surface area contributed by atoms with E-state index in [1.165, 1.54) is 19.3 Å². The number of benzene rings is 1. The molecule has 1 aliphatic carbocycles. The van der Waals surface area contributed by atoms with Crippen molar-refractivity contribution in [2.45, 2.75) is 76.8 Å². The highest BCUT2D eigenvalue weighted by Crippen LogP contribution is 2.36. The molecule has 0 bridgehead atoms. The van der Waals surface area contributed by atoms with E-state index in [0.717, 1.165) is 23.9 Å². The molecular formula is C20H31BO4S. The highest BCUT2D eigenvalue weighted by molar-refractivity contribution is 7.90. The van der Waals surface area contributed by atoms with Gasteiger partial charge in [0.1, 0.15) is 0 Å². The largest absolute Gasteiger partial charge is 0.494 e. The maximum Gasteiger partial charge on any atom is 0.494 e. The van der Waals surface area contributed by atoms with Crippen LogP contribution >= 0.6 is 0 Å². The monoisotopic (exact) mass is 378 g/mol. The molecule has 3 rings (SSSR count). The van der Waals surface area contributed by atoms with E-state index in [-0.39, 0.29) is 17.0 Å². The van der Waals surface area contributed by atoms with Crippen LogP contribution in [0.15, 0.2) is 24.3 Å². The number of hydrogen-bond acceptors (Lipinski definition) is 4. The molecule has 1 saturated heterocycles. The molecule has 0 unspecified atom stereocenters. The van der Waals surface area contributed by atoms with Crippen molar-refractivity contribution in [2.75, 3.05) is 5.75 Å². The summed E-state index contributed by atoms with van der Waals surface area (Å²) in [5, 5.41) is 0. The van der Waals surface area contributed by atoms with Gasteiger partial charge < -0.3 is 9.31 Å². The minimum atomic E-state index is -3.07. The van der Waals surface area contributed by atoms with Crippen LogP contribution in [0.1, 0.15) is 65.4 Å². The second-order valence-corrected chi connectivity index (χ2v) is 11.0. The molecule has 1 aromatic rings. The van der Waals surface area contributed by atoms with Gasteiger partial charge in [-0.05, 0) is 57.5 Å².